The molecule has 1 heterocycles. The van der Waals surface area contributed by atoms with Gasteiger partial charge in [0.2, 0.25) is 5.91 Å². The molecular weight excluding hydrogens is 236 g/mol. The number of fused-ring (bicyclic) bond motifs is 1. The predicted molar refractivity (Wildman–Crippen MR) is 77.7 cm³/mol. The number of para-hydroxylation sites is 1. The molecule has 0 atom stereocenters. The summed E-state index contributed by atoms with van der Waals surface area (Å²) in [5, 5.41) is 1.12. The molecule has 19 heavy (non-hydrogen) atoms. The SMILES string of the molecule is CC(C)CC(=O)N(C)Cc1cnc2ccccc2c1. The maximum atomic E-state index is 11.9. The van der Waals surface area contributed by atoms with Crippen molar-refractivity contribution in [1.82, 2.24) is 9.88 Å². The van der Waals surface area contributed by atoms with Gasteiger partial charge in [0.1, 0.15) is 0 Å². The number of carbonyl (C=O) groups is 1. The van der Waals surface area contributed by atoms with Crippen LogP contribution in [0.25, 0.3) is 10.9 Å². The maximum Gasteiger partial charge on any atom is 0.222 e. The van der Waals surface area contributed by atoms with Gasteiger partial charge in [-0.1, -0.05) is 32.0 Å². The third-order valence-corrected chi connectivity index (χ3v) is 3.08. The van der Waals surface area contributed by atoms with Crippen molar-refractivity contribution in [1.29, 1.82) is 0 Å². The van der Waals surface area contributed by atoms with Crippen molar-refractivity contribution in [3.05, 3.63) is 42.1 Å². The number of pyridine rings is 1. The van der Waals surface area contributed by atoms with Crippen LogP contribution in [0, 0.1) is 5.92 Å². The largest absolute Gasteiger partial charge is 0.341 e. The van der Waals surface area contributed by atoms with E-state index in [-0.39, 0.29) is 5.91 Å². The summed E-state index contributed by atoms with van der Waals surface area (Å²) < 4.78 is 0. The highest BCUT2D eigenvalue weighted by Gasteiger charge is 2.11. The van der Waals surface area contributed by atoms with Gasteiger partial charge >= 0.3 is 0 Å². The maximum absolute atomic E-state index is 11.9. The second-order valence-corrected chi connectivity index (χ2v) is 5.38. The van der Waals surface area contributed by atoms with E-state index < -0.39 is 0 Å². The molecule has 0 aliphatic carbocycles. The van der Waals surface area contributed by atoms with Gasteiger partial charge in [0.05, 0.1) is 5.52 Å². The van der Waals surface area contributed by atoms with Crippen molar-refractivity contribution < 1.29 is 4.79 Å². The fourth-order valence-electron chi connectivity index (χ4n) is 2.07. The van der Waals surface area contributed by atoms with Crippen LogP contribution in [0.15, 0.2) is 36.5 Å². The van der Waals surface area contributed by atoms with Crippen LogP contribution in [-0.2, 0) is 11.3 Å². The van der Waals surface area contributed by atoms with E-state index in [1.807, 2.05) is 37.5 Å². The number of benzene rings is 1. The fourth-order valence-corrected chi connectivity index (χ4v) is 2.07. The second-order valence-electron chi connectivity index (χ2n) is 5.38. The third-order valence-electron chi connectivity index (χ3n) is 3.08. The summed E-state index contributed by atoms with van der Waals surface area (Å²) in [5.41, 5.74) is 2.06. The van der Waals surface area contributed by atoms with Gasteiger partial charge < -0.3 is 4.90 Å². The molecule has 0 fully saturated rings. The Morgan fingerprint density at radius 1 is 1.32 bits per heavy atom. The predicted octanol–water partition coefficient (Wildman–Crippen LogP) is 3.24. The number of aromatic nitrogens is 1. The number of rotatable bonds is 4. The summed E-state index contributed by atoms with van der Waals surface area (Å²) in [7, 11) is 1.85. The molecule has 2 aromatic rings. The van der Waals surface area contributed by atoms with Gasteiger partial charge in [0.15, 0.2) is 0 Å². The number of hydrogen-bond acceptors (Lipinski definition) is 2. The zero-order chi connectivity index (χ0) is 13.8. The molecule has 0 N–H and O–H groups in total. The van der Waals surface area contributed by atoms with E-state index in [9.17, 15) is 4.79 Å². The van der Waals surface area contributed by atoms with Gasteiger partial charge in [0.25, 0.3) is 0 Å². The van der Waals surface area contributed by atoms with Crippen LogP contribution < -0.4 is 0 Å². The first-order valence-electron chi connectivity index (χ1n) is 6.64. The Hall–Kier alpha value is -1.90. The Morgan fingerprint density at radius 2 is 2.05 bits per heavy atom. The first-order chi connectivity index (χ1) is 9.06. The molecule has 0 bridgehead atoms. The zero-order valence-corrected chi connectivity index (χ0v) is 11.8. The minimum absolute atomic E-state index is 0.183. The second kappa shape index (κ2) is 5.83. The minimum Gasteiger partial charge on any atom is -0.341 e. The Balaban J connectivity index is 2.10. The summed E-state index contributed by atoms with van der Waals surface area (Å²) in [6.07, 6.45) is 2.44. The molecule has 1 aromatic carbocycles. The van der Waals surface area contributed by atoms with Crippen LogP contribution in [0.1, 0.15) is 25.8 Å². The molecule has 0 unspecified atom stereocenters. The fraction of sp³-hybridized carbons (Fsp3) is 0.375. The average Bonchev–Trinajstić information content (AvgIpc) is 2.37. The molecule has 2 rings (SSSR count). The number of amides is 1. The van der Waals surface area contributed by atoms with Crippen LogP contribution >= 0.6 is 0 Å². The van der Waals surface area contributed by atoms with Crippen molar-refractivity contribution in [2.75, 3.05) is 7.05 Å². The molecular formula is C16H20N2O. The molecule has 3 nitrogen and oxygen atoms in total. The molecule has 1 amide bonds. The first-order valence-corrected chi connectivity index (χ1v) is 6.64. The Kier molecular flexibility index (Phi) is 4.15. The molecule has 0 aliphatic heterocycles. The van der Waals surface area contributed by atoms with Crippen LogP contribution in [0.4, 0.5) is 0 Å². The van der Waals surface area contributed by atoms with Gasteiger partial charge in [-0.3, -0.25) is 9.78 Å². The van der Waals surface area contributed by atoms with Gasteiger partial charge in [0, 0.05) is 31.6 Å². The van der Waals surface area contributed by atoms with E-state index in [0.717, 1.165) is 16.5 Å². The van der Waals surface area contributed by atoms with Crippen LogP contribution in [0.5, 0.6) is 0 Å². The Bertz CT molecular complexity index is 578. The van der Waals surface area contributed by atoms with E-state index >= 15 is 0 Å². The highest BCUT2D eigenvalue weighted by Crippen LogP contribution is 2.14. The number of nitrogens with zero attached hydrogens (tertiary/aromatic N) is 2. The molecule has 0 spiro atoms. The first kappa shape index (κ1) is 13.5. The van der Waals surface area contributed by atoms with Crippen molar-refractivity contribution in [2.45, 2.75) is 26.8 Å². The quantitative estimate of drug-likeness (QED) is 0.841. The van der Waals surface area contributed by atoms with Gasteiger partial charge in [-0.05, 0) is 23.6 Å². The summed E-state index contributed by atoms with van der Waals surface area (Å²) in [5.74, 6) is 0.577. The summed E-state index contributed by atoms with van der Waals surface area (Å²) in [4.78, 5) is 18.1. The monoisotopic (exact) mass is 256 g/mol. The van der Waals surface area contributed by atoms with Gasteiger partial charge in [-0.2, -0.15) is 0 Å². The number of hydrogen-bond donors (Lipinski definition) is 0. The smallest absolute Gasteiger partial charge is 0.222 e. The van der Waals surface area contributed by atoms with E-state index in [2.05, 4.69) is 24.9 Å². The lowest BCUT2D eigenvalue weighted by molar-refractivity contribution is -0.131. The molecule has 0 aliphatic rings. The highest BCUT2D eigenvalue weighted by atomic mass is 16.2. The highest BCUT2D eigenvalue weighted by molar-refractivity contribution is 5.79. The molecule has 0 radical (unpaired) electrons. The van der Waals surface area contributed by atoms with Crippen molar-refractivity contribution in [3.8, 4) is 0 Å². The Morgan fingerprint density at radius 3 is 2.79 bits per heavy atom. The summed E-state index contributed by atoms with van der Waals surface area (Å²) in [6, 6.07) is 10.1. The molecule has 0 saturated heterocycles. The topological polar surface area (TPSA) is 33.2 Å². The third kappa shape index (κ3) is 3.53. The van der Waals surface area contributed by atoms with Gasteiger partial charge in [-0.15, -0.1) is 0 Å². The van der Waals surface area contributed by atoms with Crippen LogP contribution in [0.3, 0.4) is 0 Å². The lowest BCUT2D eigenvalue weighted by atomic mass is 10.1. The van der Waals surface area contributed by atoms with E-state index in [1.54, 1.807) is 4.90 Å². The Labute approximate surface area is 114 Å². The average molecular weight is 256 g/mol. The van der Waals surface area contributed by atoms with Crippen molar-refractivity contribution in [2.24, 2.45) is 5.92 Å². The van der Waals surface area contributed by atoms with Crippen molar-refractivity contribution in [3.63, 3.8) is 0 Å². The summed E-state index contributed by atoms with van der Waals surface area (Å²) in [6.45, 7) is 4.73. The van der Waals surface area contributed by atoms with Crippen molar-refractivity contribution >= 4 is 16.8 Å². The lowest BCUT2D eigenvalue weighted by Gasteiger charge is -2.18. The minimum atomic E-state index is 0.183. The standard InChI is InChI=1S/C16H20N2O/c1-12(2)8-16(19)18(3)11-13-9-14-6-4-5-7-15(14)17-10-13/h4-7,9-10,12H,8,11H2,1-3H3. The van der Waals surface area contributed by atoms with Crippen LogP contribution in [0.2, 0.25) is 0 Å². The normalized spacial score (nSPS) is 10.9. The van der Waals surface area contributed by atoms with E-state index in [4.69, 9.17) is 0 Å². The molecule has 0 saturated carbocycles. The number of carbonyl (C=O) groups excluding carboxylic acids is 1. The van der Waals surface area contributed by atoms with Gasteiger partial charge in [-0.25, -0.2) is 0 Å². The molecule has 3 heteroatoms. The van der Waals surface area contributed by atoms with Crippen LogP contribution in [-0.4, -0.2) is 22.8 Å². The summed E-state index contributed by atoms with van der Waals surface area (Å²) >= 11 is 0. The zero-order valence-electron chi connectivity index (χ0n) is 11.8. The van der Waals surface area contributed by atoms with E-state index in [0.29, 0.717) is 18.9 Å². The van der Waals surface area contributed by atoms with E-state index in [1.165, 1.54) is 0 Å². The molecule has 1 aromatic heterocycles. The molecule has 100 valence electrons. The lowest BCUT2D eigenvalue weighted by Crippen LogP contribution is -2.27.